The highest BCUT2D eigenvalue weighted by Crippen LogP contribution is 2.29. The van der Waals surface area contributed by atoms with Crippen molar-refractivity contribution >= 4 is 27.8 Å². The highest BCUT2D eigenvalue weighted by molar-refractivity contribution is 7.18. The van der Waals surface area contributed by atoms with Crippen LogP contribution in [0.1, 0.15) is 22.2 Å². The van der Waals surface area contributed by atoms with Crippen molar-refractivity contribution in [2.75, 3.05) is 11.1 Å². The highest BCUT2D eigenvalue weighted by Gasteiger charge is 2.10. The second kappa shape index (κ2) is 4.36. The van der Waals surface area contributed by atoms with Crippen LogP contribution in [0.5, 0.6) is 0 Å². The van der Waals surface area contributed by atoms with Gasteiger partial charge in [-0.05, 0) is 6.07 Å². The Balaban J connectivity index is 2.05. The Labute approximate surface area is 96.7 Å². The summed E-state index contributed by atoms with van der Waals surface area (Å²) >= 11 is 1.37. The van der Waals surface area contributed by atoms with Crippen molar-refractivity contribution in [3.05, 3.63) is 28.9 Å². The van der Waals surface area contributed by atoms with Crippen molar-refractivity contribution in [3.63, 3.8) is 0 Å². The molecule has 0 aliphatic heterocycles. The maximum absolute atomic E-state index is 11.2. The molecule has 0 atom stereocenters. The number of Topliss-reactive ketones (excluding diaryl/α,β-unsaturated/α-hetero) is 1. The lowest BCUT2D eigenvalue weighted by molar-refractivity contribution is 0.102. The number of nitrogens with zero attached hydrogens (tertiary/aromatic N) is 1. The summed E-state index contributed by atoms with van der Waals surface area (Å²) < 4.78 is 0. The molecule has 0 amide bonds. The summed E-state index contributed by atoms with van der Waals surface area (Å²) in [6.07, 6.45) is 3.56. The first kappa shape index (κ1) is 10.7. The van der Waals surface area contributed by atoms with Crippen molar-refractivity contribution in [2.24, 2.45) is 0 Å². The predicted molar refractivity (Wildman–Crippen MR) is 64.7 cm³/mol. The second-order valence-corrected chi connectivity index (χ2v) is 4.46. The number of ketones is 1. The van der Waals surface area contributed by atoms with E-state index in [1.54, 1.807) is 12.3 Å². The van der Waals surface area contributed by atoms with Gasteiger partial charge in [-0.2, -0.15) is 5.10 Å². The third kappa shape index (κ3) is 2.22. The summed E-state index contributed by atoms with van der Waals surface area (Å²) in [7, 11) is 0. The topological polar surface area (TPSA) is 83.8 Å². The van der Waals surface area contributed by atoms with Gasteiger partial charge in [0.05, 0.1) is 21.8 Å². The standard InChI is InChI=1S/C10H12N4OS/c1-6(15)10-8(11)2-9(16-10)12-3-7-4-13-14-5-7/h2,4-5,12H,3,11H2,1H3,(H,13,14). The number of aromatic nitrogens is 2. The van der Waals surface area contributed by atoms with Crippen LogP contribution in [0.3, 0.4) is 0 Å². The summed E-state index contributed by atoms with van der Waals surface area (Å²) in [5.41, 5.74) is 7.31. The number of thiophene rings is 1. The smallest absolute Gasteiger partial charge is 0.171 e. The fraction of sp³-hybridized carbons (Fsp3) is 0.200. The summed E-state index contributed by atoms with van der Waals surface area (Å²) in [5.74, 6) is -0.00105. The van der Waals surface area contributed by atoms with Crippen LogP contribution in [0, 0.1) is 0 Å². The number of anilines is 2. The number of rotatable bonds is 4. The molecule has 6 heteroatoms. The average Bonchev–Trinajstić information content (AvgIpc) is 2.83. The van der Waals surface area contributed by atoms with Gasteiger partial charge in [0.15, 0.2) is 5.78 Å². The van der Waals surface area contributed by atoms with Gasteiger partial charge in [-0.25, -0.2) is 0 Å². The van der Waals surface area contributed by atoms with E-state index in [4.69, 9.17) is 5.73 Å². The van der Waals surface area contributed by atoms with Crippen LogP contribution in [0.4, 0.5) is 10.7 Å². The summed E-state index contributed by atoms with van der Waals surface area (Å²) in [6.45, 7) is 2.18. The van der Waals surface area contributed by atoms with Crippen molar-refractivity contribution in [3.8, 4) is 0 Å². The average molecular weight is 236 g/mol. The molecule has 0 aliphatic rings. The molecule has 2 aromatic rings. The molecule has 0 unspecified atom stereocenters. The Hall–Kier alpha value is -1.82. The minimum Gasteiger partial charge on any atom is -0.397 e. The molecule has 2 heterocycles. The van der Waals surface area contributed by atoms with E-state index in [9.17, 15) is 4.79 Å². The zero-order valence-corrected chi connectivity index (χ0v) is 9.60. The first-order chi connectivity index (χ1) is 7.66. The van der Waals surface area contributed by atoms with Gasteiger partial charge in [0.25, 0.3) is 0 Å². The number of aromatic amines is 1. The summed E-state index contributed by atoms with van der Waals surface area (Å²) in [4.78, 5) is 11.8. The number of carbonyl (C=O) groups is 1. The minimum absolute atomic E-state index is 0.00105. The Morgan fingerprint density at radius 3 is 3.06 bits per heavy atom. The van der Waals surface area contributed by atoms with Crippen molar-refractivity contribution in [1.29, 1.82) is 0 Å². The quantitative estimate of drug-likeness (QED) is 0.707. The van der Waals surface area contributed by atoms with Crippen molar-refractivity contribution in [1.82, 2.24) is 10.2 Å². The Morgan fingerprint density at radius 2 is 2.50 bits per heavy atom. The molecule has 0 saturated carbocycles. The summed E-state index contributed by atoms with van der Waals surface area (Å²) in [6, 6.07) is 1.78. The molecule has 5 nitrogen and oxygen atoms in total. The second-order valence-electron chi connectivity index (χ2n) is 3.41. The maximum atomic E-state index is 11.2. The third-order valence-corrected chi connectivity index (χ3v) is 3.31. The van der Waals surface area contributed by atoms with E-state index < -0.39 is 0 Å². The zero-order valence-electron chi connectivity index (χ0n) is 8.78. The van der Waals surface area contributed by atoms with Gasteiger partial charge in [0, 0.05) is 25.2 Å². The minimum atomic E-state index is -0.00105. The Morgan fingerprint density at radius 1 is 1.69 bits per heavy atom. The van der Waals surface area contributed by atoms with Crippen LogP contribution in [0.25, 0.3) is 0 Å². The molecule has 4 N–H and O–H groups in total. The van der Waals surface area contributed by atoms with Crippen LogP contribution in [0.2, 0.25) is 0 Å². The van der Waals surface area contributed by atoms with Gasteiger partial charge >= 0.3 is 0 Å². The monoisotopic (exact) mass is 236 g/mol. The predicted octanol–water partition coefficient (Wildman–Crippen LogP) is 1.87. The van der Waals surface area contributed by atoms with E-state index in [1.165, 1.54) is 18.3 Å². The number of nitrogen functional groups attached to an aromatic ring is 1. The number of carbonyl (C=O) groups excluding carboxylic acids is 1. The molecule has 2 aromatic heterocycles. The first-order valence-corrected chi connectivity index (χ1v) is 5.60. The van der Waals surface area contributed by atoms with Gasteiger partial charge in [-0.15, -0.1) is 11.3 Å². The molecule has 0 aliphatic carbocycles. The van der Waals surface area contributed by atoms with Gasteiger partial charge in [0.2, 0.25) is 0 Å². The van der Waals surface area contributed by atoms with Crippen molar-refractivity contribution < 1.29 is 4.79 Å². The van der Waals surface area contributed by atoms with Crippen LogP contribution >= 0.6 is 11.3 Å². The lowest BCUT2D eigenvalue weighted by Gasteiger charge is -1.99. The van der Waals surface area contributed by atoms with Crippen LogP contribution in [-0.2, 0) is 6.54 Å². The van der Waals surface area contributed by atoms with E-state index in [1.807, 2.05) is 6.20 Å². The molecule has 0 saturated heterocycles. The van der Waals surface area contributed by atoms with Crippen LogP contribution in [0.15, 0.2) is 18.5 Å². The van der Waals surface area contributed by atoms with Crippen LogP contribution in [-0.4, -0.2) is 16.0 Å². The molecular weight excluding hydrogens is 224 g/mol. The maximum Gasteiger partial charge on any atom is 0.171 e. The molecule has 0 bridgehead atoms. The fourth-order valence-electron chi connectivity index (χ4n) is 1.33. The van der Waals surface area contributed by atoms with Crippen molar-refractivity contribution in [2.45, 2.75) is 13.5 Å². The Bertz CT molecular complexity index is 489. The summed E-state index contributed by atoms with van der Waals surface area (Å²) in [5, 5.41) is 10.7. The lowest BCUT2D eigenvalue weighted by Crippen LogP contribution is -1.95. The normalized spacial score (nSPS) is 10.3. The van der Waals surface area contributed by atoms with E-state index in [0.717, 1.165) is 10.6 Å². The molecule has 84 valence electrons. The number of nitrogens with two attached hydrogens (primary N) is 1. The van der Waals surface area contributed by atoms with Gasteiger partial charge in [0.1, 0.15) is 0 Å². The van der Waals surface area contributed by atoms with E-state index >= 15 is 0 Å². The molecule has 2 rings (SSSR count). The molecule has 0 radical (unpaired) electrons. The van der Waals surface area contributed by atoms with E-state index in [-0.39, 0.29) is 5.78 Å². The molecular formula is C10H12N4OS. The molecule has 0 fully saturated rings. The first-order valence-electron chi connectivity index (χ1n) is 4.78. The zero-order chi connectivity index (χ0) is 11.5. The molecule has 16 heavy (non-hydrogen) atoms. The number of hydrogen-bond acceptors (Lipinski definition) is 5. The highest BCUT2D eigenvalue weighted by atomic mass is 32.1. The number of hydrogen-bond donors (Lipinski definition) is 3. The van der Waals surface area contributed by atoms with Gasteiger partial charge < -0.3 is 11.1 Å². The largest absolute Gasteiger partial charge is 0.397 e. The SMILES string of the molecule is CC(=O)c1sc(NCc2cn[nH]c2)cc1N. The van der Waals surface area contributed by atoms with E-state index in [2.05, 4.69) is 15.5 Å². The van der Waals surface area contributed by atoms with Gasteiger partial charge in [-0.3, -0.25) is 9.89 Å². The third-order valence-electron chi connectivity index (χ3n) is 2.10. The lowest BCUT2D eigenvalue weighted by atomic mass is 10.3. The molecule has 0 spiro atoms. The molecule has 0 aromatic carbocycles. The van der Waals surface area contributed by atoms with E-state index in [0.29, 0.717) is 17.1 Å². The van der Waals surface area contributed by atoms with Gasteiger partial charge in [-0.1, -0.05) is 0 Å². The fourth-order valence-corrected chi connectivity index (χ4v) is 2.20. The Kier molecular flexibility index (Phi) is 2.91. The number of H-pyrrole nitrogens is 1. The van der Waals surface area contributed by atoms with Crippen LogP contribution < -0.4 is 11.1 Å². The number of nitrogens with one attached hydrogen (secondary N) is 2.